The fraction of sp³-hybridized carbons (Fsp3) is 0.188. The van der Waals surface area contributed by atoms with Crippen molar-refractivity contribution in [3.05, 3.63) is 40.4 Å². The maximum Gasteiger partial charge on any atom is 0.254 e. The van der Waals surface area contributed by atoms with Gasteiger partial charge in [0.1, 0.15) is 12.4 Å². The molecule has 0 aliphatic heterocycles. The van der Waals surface area contributed by atoms with Crippen LogP contribution in [0.1, 0.15) is 15.9 Å². The standard InChI is InChI=1S/C16H16ClN7O3/c1-24(6-13(19)25)16(26)8-2-3-10(17)9(4-8)7-27-11-5-12(18)20-15-14(11)21-23-22-15/h2-5H,6-7H2,1H3,(H2,19,25)(H3,18,20,21,22,23). The molecule has 0 fully saturated rings. The van der Waals surface area contributed by atoms with Gasteiger partial charge in [-0.2, -0.15) is 10.3 Å². The summed E-state index contributed by atoms with van der Waals surface area (Å²) in [5.74, 6) is -0.353. The molecule has 2 heterocycles. The number of amides is 2. The SMILES string of the molecule is CN(CC(N)=O)C(=O)c1ccc(Cl)c(COc2cc(N)nc3n[nH]nc23)c1. The number of benzene rings is 1. The predicted octanol–water partition coefficient (Wildman–Crippen LogP) is 0.725. The van der Waals surface area contributed by atoms with Crippen molar-refractivity contribution in [2.24, 2.45) is 5.73 Å². The number of rotatable bonds is 6. The number of fused-ring (bicyclic) bond motifs is 1. The van der Waals surface area contributed by atoms with Crippen LogP contribution in [0.25, 0.3) is 11.2 Å². The van der Waals surface area contributed by atoms with Gasteiger partial charge in [0.15, 0.2) is 11.3 Å². The van der Waals surface area contributed by atoms with E-state index < -0.39 is 5.91 Å². The molecule has 0 aliphatic carbocycles. The normalized spacial score (nSPS) is 10.7. The molecule has 1 aromatic carbocycles. The summed E-state index contributed by atoms with van der Waals surface area (Å²) in [6.07, 6.45) is 0. The first-order valence-electron chi connectivity index (χ1n) is 7.77. The molecular formula is C16H16ClN7O3. The van der Waals surface area contributed by atoms with E-state index in [9.17, 15) is 9.59 Å². The lowest BCUT2D eigenvalue weighted by molar-refractivity contribution is -0.118. The molecule has 0 atom stereocenters. The molecule has 0 radical (unpaired) electrons. The molecule has 0 saturated carbocycles. The number of likely N-dealkylation sites (N-methyl/N-ethyl adjacent to an activating group) is 1. The van der Waals surface area contributed by atoms with Crippen molar-refractivity contribution >= 4 is 40.4 Å². The van der Waals surface area contributed by atoms with Crippen LogP contribution in [0.3, 0.4) is 0 Å². The van der Waals surface area contributed by atoms with Gasteiger partial charge in [-0.3, -0.25) is 9.59 Å². The topological polar surface area (TPSA) is 153 Å². The van der Waals surface area contributed by atoms with Gasteiger partial charge in [0.25, 0.3) is 5.91 Å². The number of ether oxygens (including phenoxy) is 1. The number of hydrogen-bond acceptors (Lipinski definition) is 7. The van der Waals surface area contributed by atoms with Crippen LogP contribution in [0.5, 0.6) is 5.75 Å². The Hall–Kier alpha value is -3.40. The van der Waals surface area contributed by atoms with E-state index >= 15 is 0 Å². The number of carbonyl (C=O) groups is 2. The summed E-state index contributed by atoms with van der Waals surface area (Å²) in [5, 5.41) is 10.7. The highest BCUT2D eigenvalue weighted by molar-refractivity contribution is 6.31. The van der Waals surface area contributed by atoms with E-state index in [1.54, 1.807) is 18.2 Å². The molecule has 0 saturated heterocycles. The van der Waals surface area contributed by atoms with Gasteiger partial charge >= 0.3 is 0 Å². The van der Waals surface area contributed by atoms with Gasteiger partial charge in [-0.15, -0.1) is 5.10 Å². The van der Waals surface area contributed by atoms with Crippen molar-refractivity contribution in [3.8, 4) is 5.75 Å². The summed E-state index contributed by atoms with van der Waals surface area (Å²) >= 11 is 6.21. The highest BCUT2D eigenvalue weighted by Gasteiger charge is 2.16. The molecular weight excluding hydrogens is 374 g/mol. The van der Waals surface area contributed by atoms with E-state index in [0.717, 1.165) is 0 Å². The zero-order valence-electron chi connectivity index (χ0n) is 14.3. The smallest absolute Gasteiger partial charge is 0.254 e. The van der Waals surface area contributed by atoms with Gasteiger partial charge in [-0.05, 0) is 18.2 Å². The molecule has 10 nitrogen and oxygen atoms in total. The third-order valence-electron chi connectivity index (χ3n) is 3.69. The minimum Gasteiger partial charge on any atom is -0.486 e. The molecule has 0 aliphatic rings. The number of aromatic nitrogens is 4. The molecule has 3 aromatic rings. The quantitative estimate of drug-likeness (QED) is 0.561. The van der Waals surface area contributed by atoms with E-state index in [4.69, 9.17) is 27.8 Å². The Morgan fingerprint density at radius 2 is 2.07 bits per heavy atom. The lowest BCUT2D eigenvalue weighted by Crippen LogP contribution is -2.35. The molecule has 0 spiro atoms. The lowest BCUT2D eigenvalue weighted by Gasteiger charge is -2.16. The second kappa shape index (κ2) is 7.46. The van der Waals surface area contributed by atoms with Crippen molar-refractivity contribution in [2.45, 2.75) is 6.61 Å². The molecule has 2 amide bonds. The van der Waals surface area contributed by atoms with E-state index in [1.807, 2.05) is 0 Å². The van der Waals surface area contributed by atoms with Crippen molar-refractivity contribution in [2.75, 3.05) is 19.3 Å². The van der Waals surface area contributed by atoms with Crippen LogP contribution in [-0.4, -0.2) is 50.7 Å². The number of H-pyrrole nitrogens is 1. The van der Waals surface area contributed by atoms with E-state index in [1.165, 1.54) is 18.0 Å². The minimum atomic E-state index is -0.602. The summed E-state index contributed by atoms with van der Waals surface area (Å²) in [4.78, 5) is 28.6. The first-order chi connectivity index (χ1) is 12.8. The maximum atomic E-state index is 12.4. The van der Waals surface area contributed by atoms with Crippen molar-refractivity contribution < 1.29 is 14.3 Å². The number of pyridine rings is 1. The highest BCUT2D eigenvalue weighted by Crippen LogP contribution is 2.26. The summed E-state index contributed by atoms with van der Waals surface area (Å²) in [5.41, 5.74) is 12.5. The molecule has 27 heavy (non-hydrogen) atoms. The summed E-state index contributed by atoms with van der Waals surface area (Å²) < 4.78 is 5.76. The highest BCUT2D eigenvalue weighted by atomic mass is 35.5. The second-order valence-corrected chi connectivity index (χ2v) is 6.17. The Bertz CT molecular complexity index is 1020. The number of nitrogen functional groups attached to an aromatic ring is 1. The number of carbonyl (C=O) groups excluding carboxylic acids is 2. The Kier molecular flexibility index (Phi) is 5.08. The van der Waals surface area contributed by atoms with Crippen LogP contribution >= 0.6 is 11.6 Å². The third-order valence-corrected chi connectivity index (χ3v) is 4.06. The predicted molar refractivity (Wildman–Crippen MR) is 98.0 cm³/mol. The molecule has 0 unspecified atom stereocenters. The lowest BCUT2D eigenvalue weighted by atomic mass is 10.1. The number of aromatic amines is 1. The number of nitrogens with two attached hydrogens (primary N) is 2. The number of primary amides is 1. The molecule has 2 aromatic heterocycles. The van der Waals surface area contributed by atoms with Crippen LogP contribution in [0.4, 0.5) is 5.82 Å². The fourth-order valence-electron chi connectivity index (χ4n) is 2.44. The molecule has 0 bridgehead atoms. The van der Waals surface area contributed by atoms with Crippen LogP contribution < -0.4 is 16.2 Å². The van der Waals surface area contributed by atoms with Gasteiger partial charge in [-0.1, -0.05) is 11.6 Å². The first kappa shape index (κ1) is 18.4. The number of nitrogens with one attached hydrogen (secondary N) is 1. The van der Waals surface area contributed by atoms with Crippen LogP contribution in [0, 0.1) is 0 Å². The fourth-order valence-corrected chi connectivity index (χ4v) is 2.61. The van der Waals surface area contributed by atoms with Gasteiger partial charge in [0, 0.05) is 29.3 Å². The minimum absolute atomic E-state index is 0.0604. The summed E-state index contributed by atoms with van der Waals surface area (Å²) in [7, 11) is 1.49. The Morgan fingerprint density at radius 3 is 2.81 bits per heavy atom. The first-order valence-corrected chi connectivity index (χ1v) is 8.15. The molecule has 3 rings (SSSR count). The molecule has 11 heteroatoms. The Morgan fingerprint density at radius 1 is 1.30 bits per heavy atom. The zero-order chi connectivity index (χ0) is 19.6. The van der Waals surface area contributed by atoms with Crippen LogP contribution in [0.2, 0.25) is 5.02 Å². The summed E-state index contributed by atoms with van der Waals surface area (Å²) in [6.45, 7) is -0.126. The number of anilines is 1. The van der Waals surface area contributed by atoms with E-state index in [-0.39, 0.29) is 24.9 Å². The summed E-state index contributed by atoms with van der Waals surface area (Å²) in [6, 6.07) is 6.26. The van der Waals surface area contributed by atoms with Crippen molar-refractivity contribution in [1.29, 1.82) is 0 Å². The van der Waals surface area contributed by atoms with Crippen molar-refractivity contribution in [3.63, 3.8) is 0 Å². The zero-order valence-corrected chi connectivity index (χ0v) is 15.0. The Labute approximate surface area is 158 Å². The van der Waals surface area contributed by atoms with Gasteiger partial charge in [-0.25, -0.2) is 4.98 Å². The van der Waals surface area contributed by atoms with Crippen LogP contribution in [0.15, 0.2) is 24.3 Å². The van der Waals surface area contributed by atoms with Gasteiger partial charge in [0.2, 0.25) is 11.6 Å². The molecule has 140 valence electrons. The average molecular weight is 390 g/mol. The average Bonchev–Trinajstić information content (AvgIpc) is 3.07. The van der Waals surface area contributed by atoms with Crippen molar-refractivity contribution in [1.82, 2.24) is 25.3 Å². The number of nitrogens with zero attached hydrogens (tertiary/aromatic N) is 4. The maximum absolute atomic E-state index is 12.4. The van der Waals surface area contributed by atoms with Gasteiger partial charge in [0.05, 0.1) is 6.54 Å². The monoisotopic (exact) mass is 389 g/mol. The van der Waals surface area contributed by atoms with Crippen LogP contribution in [-0.2, 0) is 11.4 Å². The van der Waals surface area contributed by atoms with E-state index in [2.05, 4.69) is 20.4 Å². The Balaban J connectivity index is 1.81. The third kappa shape index (κ3) is 4.06. The largest absolute Gasteiger partial charge is 0.486 e. The second-order valence-electron chi connectivity index (χ2n) is 5.76. The van der Waals surface area contributed by atoms with E-state index in [0.29, 0.717) is 33.1 Å². The van der Waals surface area contributed by atoms with Gasteiger partial charge < -0.3 is 21.1 Å². The number of halogens is 1. The molecule has 5 N–H and O–H groups in total. The number of hydrogen-bond donors (Lipinski definition) is 3.